The predicted octanol–water partition coefficient (Wildman–Crippen LogP) is 3.11. The summed E-state index contributed by atoms with van der Waals surface area (Å²) in [7, 11) is 0. The molecule has 1 N–H and O–H groups in total. The lowest BCUT2D eigenvalue weighted by Gasteiger charge is -2.04. The van der Waals surface area contributed by atoms with Crippen molar-refractivity contribution < 1.29 is 0 Å². The molecule has 18 heavy (non-hydrogen) atoms. The average Bonchev–Trinajstić information content (AvgIpc) is 3.03. The molecule has 3 aromatic heterocycles. The second kappa shape index (κ2) is 4.83. The highest BCUT2D eigenvalue weighted by molar-refractivity contribution is 7.71. The van der Waals surface area contributed by atoms with Gasteiger partial charge < -0.3 is 0 Å². The molecule has 0 bridgehead atoms. The molecular weight excluding hydrogens is 264 g/mol. The molecule has 0 amide bonds. The molecule has 90 valence electrons. The van der Waals surface area contributed by atoms with Gasteiger partial charge in [-0.25, -0.2) is 0 Å². The van der Waals surface area contributed by atoms with E-state index in [2.05, 4.69) is 32.0 Å². The molecule has 0 aliphatic heterocycles. The molecule has 0 saturated heterocycles. The van der Waals surface area contributed by atoms with Gasteiger partial charge in [0.2, 0.25) is 0 Å². The zero-order valence-corrected chi connectivity index (χ0v) is 11.0. The van der Waals surface area contributed by atoms with Crippen LogP contribution >= 0.6 is 23.6 Å². The maximum atomic E-state index is 5.27. The Labute approximate surface area is 113 Å². The van der Waals surface area contributed by atoms with E-state index in [0.29, 0.717) is 4.77 Å². The number of aromatic amines is 1. The van der Waals surface area contributed by atoms with Crippen molar-refractivity contribution in [1.29, 1.82) is 0 Å². The van der Waals surface area contributed by atoms with Crippen LogP contribution in [0.4, 0.5) is 0 Å². The summed E-state index contributed by atoms with van der Waals surface area (Å²) in [6.45, 7) is 0.725. The number of aromatic nitrogens is 4. The van der Waals surface area contributed by atoms with E-state index in [1.807, 2.05) is 16.7 Å². The molecular formula is C12H10N4S2. The first kappa shape index (κ1) is 11.3. The Balaban J connectivity index is 2.04. The lowest BCUT2D eigenvalue weighted by Crippen LogP contribution is -2.01. The van der Waals surface area contributed by atoms with Gasteiger partial charge in [0, 0.05) is 18.0 Å². The van der Waals surface area contributed by atoms with Crippen molar-refractivity contribution in [3.05, 3.63) is 51.7 Å². The lowest BCUT2D eigenvalue weighted by molar-refractivity contribution is 0.793. The van der Waals surface area contributed by atoms with Crippen LogP contribution in [0.3, 0.4) is 0 Å². The molecule has 0 unspecified atom stereocenters. The maximum Gasteiger partial charge on any atom is 0.195 e. The standard InChI is InChI=1S/C12H10N4S2/c17-12-15-14-11(10-2-1-4-13-6-10)16(12)7-9-3-5-18-8-9/h1-6,8H,7H2,(H,15,17). The largest absolute Gasteiger partial charge is 0.296 e. The first-order chi connectivity index (χ1) is 8.84. The highest BCUT2D eigenvalue weighted by atomic mass is 32.1. The van der Waals surface area contributed by atoms with Gasteiger partial charge in [0.25, 0.3) is 0 Å². The molecule has 3 rings (SSSR count). The number of nitrogens with zero attached hydrogens (tertiary/aromatic N) is 3. The fourth-order valence-corrected chi connectivity index (χ4v) is 2.60. The van der Waals surface area contributed by atoms with E-state index >= 15 is 0 Å². The molecule has 0 fully saturated rings. The minimum atomic E-state index is 0.625. The topological polar surface area (TPSA) is 46.5 Å². The Morgan fingerprint density at radius 1 is 1.39 bits per heavy atom. The highest BCUT2D eigenvalue weighted by Crippen LogP contribution is 2.18. The SMILES string of the molecule is S=c1[nH]nc(-c2cccnc2)n1Cc1ccsc1. The van der Waals surface area contributed by atoms with Gasteiger partial charge in [0.1, 0.15) is 0 Å². The van der Waals surface area contributed by atoms with Gasteiger partial charge in [0.15, 0.2) is 10.6 Å². The second-order valence-corrected chi connectivity index (χ2v) is 4.98. The summed E-state index contributed by atoms with van der Waals surface area (Å²) in [5, 5.41) is 11.3. The number of pyridine rings is 1. The molecule has 3 heterocycles. The monoisotopic (exact) mass is 274 g/mol. The summed E-state index contributed by atoms with van der Waals surface area (Å²) < 4.78 is 2.61. The van der Waals surface area contributed by atoms with Gasteiger partial charge in [-0.2, -0.15) is 16.4 Å². The van der Waals surface area contributed by atoms with E-state index in [-0.39, 0.29) is 0 Å². The van der Waals surface area contributed by atoms with Crippen LogP contribution in [-0.2, 0) is 6.54 Å². The molecule has 3 aromatic rings. The smallest absolute Gasteiger partial charge is 0.195 e. The average molecular weight is 274 g/mol. The maximum absolute atomic E-state index is 5.27. The van der Waals surface area contributed by atoms with Gasteiger partial charge >= 0.3 is 0 Å². The molecule has 0 saturated carbocycles. The molecule has 0 atom stereocenters. The quantitative estimate of drug-likeness (QED) is 0.746. The van der Waals surface area contributed by atoms with Crippen molar-refractivity contribution in [3.63, 3.8) is 0 Å². The number of hydrogen-bond donors (Lipinski definition) is 1. The van der Waals surface area contributed by atoms with E-state index < -0.39 is 0 Å². The van der Waals surface area contributed by atoms with Crippen LogP contribution < -0.4 is 0 Å². The zero-order chi connectivity index (χ0) is 12.4. The fraction of sp³-hybridized carbons (Fsp3) is 0.0833. The summed E-state index contributed by atoms with van der Waals surface area (Å²) in [5.74, 6) is 0.819. The first-order valence-corrected chi connectivity index (χ1v) is 6.76. The van der Waals surface area contributed by atoms with Crippen molar-refractivity contribution in [1.82, 2.24) is 19.7 Å². The second-order valence-electron chi connectivity index (χ2n) is 3.81. The van der Waals surface area contributed by atoms with Gasteiger partial charge in [0.05, 0.1) is 6.54 Å². The summed E-state index contributed by atoms with van der Waals surface area (Å²) in [5.41, 5.74) is 2.18. The molecule has 6 heteroatoms. The van der Waals surface area contributed by atoms with Crippen LogP contribution in [0.2, 0.25) is 0 Å². The fourth-order valence-electron chi connectivity index (χ4n) is 1.74. The van der Waals surface area contributed by atoms with E-state index in [1.54, 1.807) is 23.7 Å². The van der Waals surface area contributed by atoms with Gasteiger partial charge in [-0.05, 0) is 46.7 Å². The van der Waals surface area contributed by atoms with E-state index in [0.717, 1.165) is 17.9 Å². The summed E-state index contributed by atoms with van der Waals surface area (Å²) >= 11 is 6.95. The van der Waals surface area contributed by atoms with E-state index in [9.17, 15) is 0 Å². The van der Waals surface area contributed by atoms with Crippen molar-refractivity contribution in [2.24, 2.45) is 0 Å². The number of nitrogens with one attached hydrogen (secondary N) is 1. The van der Waals surface area contributed by atoms with Crippen LogP contribution in [0.15, 0.2) is 41.4 Å². The Morgan fingerprint density at radius 2 is 2.33 bits per heavy atom. The molecule has 0 aromatic carbocycles. The number of rotatable bonds is 3. The minimum Gasteiger partial charge on any atom is -0.296 e. The number of hydrogen-bond acceptors (Lipinski definition) is 4. The highest BCUT2D eigenvalue weighted by Gasteiger charge is 2.09. The Kier molecular flexibility index (Phi) is 3.04. The van der Waals surface area contributed by atoms with Gasteiger partial charge in [-0.3, -0.25) is 14.6 Å². The lowest BCUT2D eigenvalue weighted by atomic mass is 10.2. The molecule has 4 nitrogen and oxygen atoms in total. The van der Waals surface area contributed by atoms with Crippen molar-refractivity contribution >= 4 is 23.6 Å². The van der Waals surface area contributed by atoms with Crippen molar-refractivity contribution in [2.75, 3.05) is 0 Å². The van der Waals surface area contributed by atoms with Gasteiger partial charge in [-0.15, -0.1) is 0 Å². The van der Waals surface area contributed by atoms with Crippen LogP contribution in [0.5, 0.6) is 0 Å². The zero-order valence-electron chi connectivity index (χ0n) is 9.41. The van der Waals surface area contributed by atoms with Crippen LogP contribution in [0.25, 0.3) is 11.4 Å². The molecule has 0 spiro atoms. The van der Waals surface area contributed by atoms with E-state index in [1.165, 1.54) is 5.56 Å². The van der Waals surface area contributed by atoms with Crippen LogP contribution in [0, 0.1) is 4.77 Å². The normalized spacial score (nSPS) is 10.7. The Hall–Kier alpha value is -1.79. The summed E-state index contributed by atoms with van der Waals surface area (Å²) in [6, 6.07) is 5.95. The number of H-pyrrole nitrogens is 1. The molecule has 0 aliphatic carbocycles. The third-order valence-corrected chi connectivity index (χ3v) is 3.64. The van der Waals surface area contributed by atoms with Gasteiger partial charge in [-0.1, -0.05) is 0 Å². The molecule has 0 aliphatic rings. The van der Waals surface area contributed by atoms with Crippen LogP contribution in [-0.4, -0.2) is 19.7 Å². The van der Waals surface area contributed by atoms with Crippen molar-refractivity contribution in [3.8, 4) is 11.4 Å². The Bertz CT molecular complexity index is 682. The third kappa shape index (κ3) is 2.12. The first-order valence-electron chi connectivity index (χ1n) is 5.41. The van der Waals surface area contributed by atoms with Crippen LogP contribution in [0.1, 0.15) is 5.56 Å². The predicted molar refractivity (Wildman–Crippen MR) is 74.1 cm³/mol. The minimum absolute atomic E-state index is 0.625. The number of thiophene rings is 1. The summed E-state index contributed by atoms with van der Waals surface area (Å²) in [4.78, 5) is 4.11. The third-order valence-electron chi connectivity index (χ3n) is 2.60. The Morgan fingerprint density at radius 3 is 3.06 bits per heavy atom. The molecule has 0 radical (unpaired) electrons. The summed E-state index contributed by atoms with van der Waals surface area (Å²) in [6.07, 6.45) is 3.53. The van der Waals surface area contributed by atoms with Crippen molar-refractivity contribution in [2.45, 2.75) is 6.54 Å². The van der Waals surface area contributed by atoms with E-state index in [4.69, 9.17) is 12.2 Å².